The van der Waals surface area contributed by atoms with E-state index in [-0.39, 0.29) is 17.2 Å². The average Bonchev–Trinajstić information content (AvgIpc) is 3.29. The highest BCUT2D eigenvalue weighted by atomic mass is 19.4. The summed E-state index contributed by atoms with van der Waals surface area (Å²) < 4.78 is 38.6. The normalized spacial score (nSPS) is 14.6. The van der Waals surface area contributed by atoms with Gasteiger partial charge in [0.1, 0.15) is 0 Å². The fraction of sp³-hybridized carbons (Fsp3) is 0.0476. The number of carbonyl (C=O) groups excluding carboxylic acids is 2. The Morgan fingerprint density at radius 3 is 2.59 bits per heavy atom. The van der Waals surface area contributed by atoms with Crippen LogP contribution in [-0.4, -0.2) is 16.8 Å². The minimum atomic E-state index is -4.50. The van der Waals surface area contributed by atoms with Gasteiger partial charge >= 0.3 is 6.18 Å². The maximum Gasteiger partial charge on any atom is 0.416 e. The van der Waals surface area contributed by atoms with E-state index in [1.165, 1.54) is 24.3 Å². The first-order valence-electron chi connectivity index (χ1n) is 8.61. The summed E-state index contributed by atoms with van der Waals surface area (Å²) in [4.78, 5) is 27.8. The Labute approximate surface area is 163 Å². The SMILES string of the molecule is O=C1Nc2ccc(C(=O)Nc3cccc(C(F)(F)F)c3)cc2/C1=C/c1ccc[nH]1. The fourth-order valence-electron chi connectivity index (χ4n) is 3.04. The zero-order chi connectivity index (χ0) is 20.6. The van der Waals surface area contributed by atoms with Crippen molar-refractivity contribution >= 4 is 34.8 Å². The molecule has 0 saturated heterocycles. The van der Waals surface area contributed by atoms with Crippen LogP contribution in [0.3, 0.4) is 0 Å². The topological polar surface area (TPSA) is 74.0 Å². The molecule has 0 atom stereocenters. The number of alkyl halides is 3. The number of amides is 2. The van der Waals surface area contributed by atoms with Crippen molar-refractivity contribution in [2.24, 2.45) is 0 Å². The Morgan fingerprint density at radius 2 is 1.86 bits per heavy atom. The highest BCUT2D eigenvalue weighted by Crippen LogP contribution is 2.34. The Bertz CT molecular complexity index is 1130. The number of benzene rings is 2. The van der Waals surface area contributed by atoms with Crippen LogP contribution in [0.4, 0.5) is 24.5 Å². The third-order valence-corrected chi connectivity index (χ3v) is 4.43. The number of nitrogens with one attached hydrogen (secondary N) is 3. The van der Waals surface area contributed by atoms with Crippen LogP contribution in [0.2, 0.25) is 0 Å². The van der Waals surface area contributed by atoms with Gasteiger partial charge in [0.2, 0.25) is 0 Å². The van der Waals surface area contributed by atoms with Crippen LogP contribution in [0.15, 0.2) is 60.8 Å². The summed E-state index contributed by atoms with van der Waals surface area (Å²) in [6.45, 7) is 0. The molecule has 0 saturated carbocycles. The fourth-order valence-corrected chi connectivity index (χ4v) is 3.04. The largest absolute Gasteiger partial charge is 0.416 e. The lowest BCUT2D eigenvalue weighted by molar-refractivity contribution is -0.137. The van der Waals surface area contributed by atoms with Crippen LogP contribution in [-0.2, 0) is 11.0 Å². The van der Waals surface area contributed by atoms with Crippen LogP contribution in [0.5, 0.6) is 0 Å². The molecule has 0 aliphatic carbocycles. The molecular weight excluding hydrogens is 383 g/mol. The summed E-state index contributed by atoms with van der Waals surface area (Å²) in [5, 5.41) is 5.19. The summed E-state index contributed by atoms with van der Waals surface area (Å²) in [5.41, 5.74) is 1.61. The number of anilines is 2. The Kier molecular flexibility index (Phi) is 4.46. The van der Waals surface area contributed by atoms with Crippen LogP contribution < -0.4 is 10.6 Å². The summed E-state index contributed by atoms with van der Waals surface area (Å²) in [6.07, 6.45) is -1.12. The third-order valence-electron chi connectivity index (χ3n) is 4.43. The van der Waals surface area contributed by atoms with Gasteiger partial charge in [0.25, 0.3) is 11.8 Å². The van der Waals surface area contributed by atoms with Crippen molar-refractivity contribution in [1.29, 1.82) is 0 Å². The van der Waals surface area contributed by atoms with Crippen molar-refractivity contribution in [3.63, 3.8) is 0 Å². The van der Waals surface area contributed by atoms with E-state index in [2.05, 4.69) is 15.6 Å². The highest BCUT2D eigenvalue weighted by molar-refractivity contribution is 6.35. The minimum absolute atomic E-state index is 0.0293. The maximum atomic E-state index is 12.9. The minimum Gasteiger partial charge on any atom is -0.362 e. The Morgan fingerprint density at radius 1 is 1.03 bits per heavy atom. The van der Waals surface area contributed by atoms with Gasteiger partial charge in [-0.25, -0.2) is 0 Å². The van der Waals surface area contributed by atoms with E-state index in [4.69, 9.17) is 0 Å². The third kappa shape index (κ3) is 3.77. The summed E-state index contributed by atoms with van der Waals surface area (Å²) in [5.74, 6) is -0.879. The van der Waals surface area contributed by atoms with Gasteiger partial charge in [-0.05, 0) is 54.6 Å². The maximum absolute atomic E-state index is 12.9. The molecule has 1 aromatic heterocycles. The van der Waals surface area contributed by atoms with Crippen LogP contribution in [0.25, 0.3) is 11.6 Å². The molecule has 3 aromatic rings. The second-order valence-electron chi connectivity index (χ2n) is 6.43. The monoisotopic (exact) mass is 397 g/mol. The van der Waals surface area contributed by atoms with Gasteiger partial charge in [0.15, 0.2) is 0 Å². The van der Waals surface area contributed by atoms with Crippen molar-refractivity contribution < 1.29 is 22.8 Å². The molecular formula is C21H14F3N3O2. The molecule has 0 radical (unpaired) electrons. The number of hydrogen-bond acceptors (Lipinski definition) is 2. The molecule has 8 heteroatoms. The lowest BCUT2D eigenvalue weighted by Gasteiger charge is -2.10. The van der Waals surface area contributed by atoms with Gasteiger partial charge in [0, 0.05) is 34.4 Å². The lowest BCUT2D eigenvalue weighted by atomic mass is 10.0. The van der Waals surface area contributed by atoms with E-state index in [1.807, 2.05) is 0 Å². The zero-order valence-corrected chi connectivity index (χ0v) is 14.8. The first-order valence-corrected chi connectivity index (χ1v) is 8.61. The first-order chi connectivity index (χ1) is 13.8. The summed E-state index contributed by atoms with van der Waals surface area (Å²) in [6, 6.07) is 12.6. The van der Waals surface area contributed by atoms with E-state index in [0.717, 1.165) is 17.8 Å². The van der Waals surface area contributed by atoms with Gasteiger partial charge in [-0.3, -0.25) is 9.59 Å². The Hall–Kier alpha value is -3.81. The molecule has 0 fully saturated rings. The molecule has 0 bridgehead atoms. The van der Waals surface area contributed by atoms with E-state index >= 15 is 0 Å². The number of hydrogen-bond donors (Lipinski definition) is 3. The molecule has 1 aliphatic heterocycles. The second kappa shape index (κ2) is 6.97. The van der Waals surface area contributed by atoms with Crippen LogP contribution in [0, 0.1) is 0 Å². The molecule has 0 spiro atoms. The number of H-pyrrole nitrogens is 1. The van der Waals surface area contributed by atoms with Crippen LogP contribution in [0.1, 0.15) is 27.2 Å². The molecule has 2 heterocycles. The van der Waals surface area contributed by atoms with Crippen molar-refractivity contribution in [3.8, 4) is 0 Å². The second-order valence-corrected chi connectivity index (χ2v) is 6.43. The molecule has 2 amide bonds. The summed E-state index contributed by atoms with van der Waals surface area (Å²) >= 11 is 0. The molecule has 4 rings (SSSR count). The van der Waals surface area contributed by atoms with Crippen molar-refractivity contribution in [3.05, 3.63) is 83.2 Å². The van der Waals surface area contributed by atoms with Crippen LogP contribution >= 0.6 is 0 Å². The molecule has 29 heavy (non-hydrogen) atoms. The number of carbonyl (C=O) groups is 2. The van der Waals surface area contributed by atoms with Crippen molar-refractivity contribution in [2.45, 2.75) is 6.18 Å². The predicted octanol–water partition coefficient (Wildman–Crippen LogP) is 4.78. The van der Waals surface area contributed by atoms with E-state index in [9.17, 15) is 22.8 Å². The van der Waals surface area contributed by atoms with Gasteiger partial charge in [-0.2, -0.15) is 13.2 Å². The predicted molar refractivity (Wildman–Crippen MR) is 103 cm³/mol. The number of fused-ring (bicyclic) bond motifs is 1. The van der Waals surface area contributed by atoms with E-state index in [0.29, 0.717) is 16.8 Å². The van der Waals surface area contributed by atoms with Gasteiger partial charge < -0.3 is 15.6 Å². The summed E-state index contributed by atoms with van der Waals surface area (Å²) in [7, 11) is 0. The molecule has 3 N–H and O–H groups in total. The zero-order valence-electron chi connectivity index (χ0n) is 14.8. The first kappa shape index (κ1) is 18.5. The molecule has 0 unspecified atom stereocenters. The van der Waals surface area contributed by atoms with E-state index in [1.54, 1.807) is 30.5 Å². The molecule has 2 aromatic carbocycles. The standard InChI is InChI=1S/C21H14F3N3O2/c22-21(23,24)13-3-1-4-15(10-13)26-19(28)12-6-7-18-16(9-12)17(20(29)27-18)11-14-5-2-8-25-14/h1-11,25H,(H,26,28)(H,27,29)/b17-11-. The van der Waals surface area contributed by atoms with Gasteiger partial charge in [-0.1, -0.05) is 6.07 Å². The van der Waals surface area contributed by atoms with E-state index < -0.39 is 17.6 Å². The average molecular weight is 397 g/mol. The van der Waals surface area contributed by atoms with Gasteiger partial charge in [0.05, 0.1) is 11.1 Å². The molecule has 5 nitrogen and oxygen atoms in total. The number of rotatable bonds is 3. The van der Waals surface area contributed by atoms with Crippen molar-refractivity contribution in [2.75, 3.05) is 10.6 Å². The van der Waals surface area contributed by atoms with Crippen molar-refractivity contribution in [1.82, 2.24) is 4.98 Å². The van der Waals surface area contributed by atoms with Gasteiger partial charge in [-0.15, -0.1) is 0 Å². The highest BCUT2D eigenvalue weighted by Gasteiger charge is 2.30. The lowest BCUT2D eigenvalue weighted by Crippen LogP contribution is -2.13. The molecule has 146 valence electrons. The molecule has 1 aliphatic rings. The number of halogens is 3. The number of aromatic amines is 1. The quantitative estimate of drug-likeness (QED) is 0.557. The number of aromatic nitrogens is 1. The Balaban J connectivity index is 1.62. The smallest absolute Gasteiger partial charge is 0.362 e.